The molecule has 2 aromatic carbocycles. The molecule has 190 valence electrons. The second-order valence-electron chi connectivity index (χ2n) is 8.58. The van der Waals surface area contributed by atoms with Crippen molar-refractivity contribution in [3.63, 3.8) is 0 Å². The van der Waals surface area contributed by atoms with E-state index in [1.807, 2.05) is 37.3 Å². The number of hydrogen-bond acceptors (Lipinski definition) is 6. The van der Waals surface area contributed by atoms with E-state index in [9.17, 15) is 18.0 Å². The van der Waals surface area contributed by atoms with Crippen LogP contribution < -0.4 is 9.46 Å². The first kappa shape index (κ1) is 26.7. The normalized spacial score (nSPS) is 15.5. The molecule has 1 unspecified atom stereocenters. The van der Waals surface area contributed by atoms with E-state index < -0.39 is 16.1 Å². The summed E-state index contributed by atoms with van der Waals surface area (Å²) in [6.45, 7) is 6.96. The summed E-state index contributed by atoms with van der Waals surface area (Å²) in [6, 6.07) is 13.0. The van der Waals surface area contributed by atoms with E-state index in [2.05, 4.69) is 4.72 Å². The summed E-state index contributed by atoms with van der Waals surface area (Å²) < 4.78 is 39.8. The predicted molar refractivity (Wildman–Crippen MR) is 133 cm³/mol. The maximum Gasteiger partial charge on any atom is 0.309 e. The van der Waals surface area contributed by atoms with Gasteiger partial charge in [0.15, 0.2) is 0 Å². The van der Waals surface area contributed by atoms with Gasteiger partial charge in [0.2, 0.25) is 15.9 Å². The molecule has 1 saturated heterocycles. The summed E-state index contributed by atoms with van der Waals surface area (Å²) in [4.78, 5) is 27.3. The van der Waals surface area contributed by atoms with Crippen molar-refractivity contribution in [3.05, 3.63) is 59.7 Å². The van der Waals surface area contributed by atoms with Crippen LogP contribution in [0, 0.1) is 12.8 Å². The lowest BCUT2D eigenvalue weighted by atomic mass is 9.96. The standard InChI is InChI=1S/C26H34N2O6S/c1-4-33-24-12-11-22(17-19(24)3)35(31,32)27-23(18-20-9-7-6-8-10-20)25(29)28-15-13-21(14-16-28)26(30)34-5-2/h6-12,17,21,23,27H,4-5,13-16,18H2,1-3H3. The zero-order valence-electron chi connectivity index (χ0n) is 20.5. The van der Waals surface area contributed by atoms with E-state index in [0.717, 1.165) is 5.56 Å². The van der Waals surface area contributed by atoms with Crippen LogP contribution in [0.2, 0.25) is 0 Å². The fourth-order valence-electron chi connectivity index (χ4n) is 4.21. The first-order valence-corrected chi connectivity index (χ1v) is 13.5. The smallest absolute Gasteiger partial charge is 0.309 e. The predicted octanol–water partition coefficient (Wildman–Crippen LogP) is 3.09. The van der Waals surface area contributed by atoms with Crippen molar-refractivity contribution in [1.82, 2.24) is 9.62 Å². The molecule has 0 aliphatic carbocycles. The van der Waals surface area contributed by atoms with Crippen LogP contribution in [0.4, 0.5) is 0 Å². The third kappa shape index (κ3) is 7.05. The Morgan fingerprint density at radius 3 is 2.34 bits per heavy atom. The van der Waals surface area contributed by atoms with Crippen LogP contribution in [0.3, 0.4) is 0 Å². The molecule has 0 radical (unpaired) electrons. The van der Waals surface area contributed by atoms with Crippen molar-refractivity contribution in [2.45, 2.75) is 51.0 Å². The maximum absolute atomic E-state index is 13.5. The van der Waals surface area contributed by atoms with E-state index >= 15 is 0 Å². The summed E-state index contributed by atoms with van der Waals surface area (Å²) in [5.74, 6) is -0.169. The summed E-state index contributed by atoms with van der Waals surface area (Å²) >= 11 is 0. The highest BCUT2D eigenvalue weighted by Gasteiger charge is 2.34. The molecule has 0 bridgehead atoms. The van der Waals surface area contributed by atoms with Crippen molar-refractivity contribution in [2.24, 2.45) is 5.92 Å². The minimum absolute atomic E-state index is 0.0744. The molecular formula is C26H34N2O6S. The summed E-state index contributed by atoms with van der Waals surface area (Å²) in [5, 5.41) is 0. The van der Waals surface area contributed by atoms with Gasteiger partial charge in [-0.3, -0.25) is 9.59 Å². The SMILES string of the molecule is CCOC(=O)C1CCN(C(=O)C(Cc2ccccc2)NS(=O)(=O)c2ccc(OCC)c(C)c2)CC1. The lowest BCUT2D eigenvalue weighted by Crippen LogP contribution is -2.52. The second-order valence-corrected chi connectivity index (χ2v) is 10.3. The quantitative estimate of drug-likeness (QED) is 0.501. The number of aryl methyl sites for hydroxylation is 1. The minimum Gasteiger partial charge on any atom is -0.494 e. The number of likely N-dealkylation sites (tertiary alicyclic amines) is 1. The van der Waals surface area contributed by atoms with Gasteiger partial charge in [-0.05, 0) is 69.4 Å². The van der Waals surface area contributed by atoms with Crippen molar-refractivity contribution < 1.29 is 27.5 Å². The lowest BCUT2D eigenvalue weighted by molar-refractivity contribution is -0.151. The molecule has 1 heterocycles. The van der Waals surface area contributed by atoms with Crippen molar-refractivity contribution in [2.75, 3.05) is 26.3 Å². The molecule has 0 spiro atoms. The van der Waals surface area contributed by atoms with Gasteiger partial charge in [0.05, 0.1) is 24.0 Å². The van der Waals surface area contributed by atoms with E-state index in [1.54, 1.807) is 30.9 Å². The van der Waals surface area contributed by atoms with Gasteiger partial charge >= 0.3 is 5.97 Å². The fourth-order valence-corrected chi connectivity index (χ4v) is 5.48. The number of hydrogen-bond donors (Lipinski definition) is 1. The van der Waals surface area contributed by atoms with Crippen LogP contribution in [0.1, 0.15) is 37.8 Å². The van der Waals surface area contributed by atoms with E-state index in [1.165, 1.54) is 6.07 Å². The summed E-state index contributed by atoms with van der Waals surface area (Å²) in [6.07, 6.45) is 1.20. The van der Waals surface area contributed by atoms with Crippen LogP contribution >= 0.6 is 0 Å². The molecule has 1 atom stereocenters. The number of carbonyl (C=O) groups excluding carboxylic acids is 2. The number of sulfonamides is 1. The van der Waals surface area contributed by atoms with Crippen molar-refractivity contribution >= 4 is 21.9 Å². The molecule has 1 N–H and O–H groups in total. The number of piperidine rings is 1. The van der Waals surface area contributed by atoms with Crippen LogP contribution in [-0.2, 0) is 30.8 Å². The number of rotatable bonds is 10. The molecule has 3 rings (SSSR count). The van der Waals surface area contributed by atoms with Crippen LogP contribution in [0.5, 0.6) is 5.75 Å². The monoisotopic (exact) mass is 502 g/mol. The number of nitrogens with zero attached hydrogens (tertiary/aromatic N) is 1. The Hall–Kier alpha value is -2.91. The van der Waals surface area contributed by atoms with Gasteiger partial charge in [-0.2, -0.15) is 4.72 Å². The highest BCUT2D eigenvalue weighted by atomic mass is 32.2. The molecule has 2 aromatic rings. The van der Waals surface area contributed by atoms with E-state index in [0.29, 0.717) is 50.5 Å². The molecule has 1 aliphatic heterocycles. The zero-order valence-corrected chi connectivity index (χ0v) is 21.3. The molecule has 35 heavy (non-hydrogen) atoms. The highest BCUT2D eigenvalue weighted by Crippen LogP contribution is 2.23. The van der Waals surface area contributed by atoms with Gasteiger partial charge in [-0.15, -0.1) is 0 Å². The molecule has 1 fully saturated rings. The Labute approximate surface area is 207 Å². The molecular weight excluding hydrogens is 468 g/mol. The van der Waals surface area contributed by atoms with Gasteiger partial charge in [0.25, 0.3) is 0 Å². The lowest BCUT2D eigenvalue weighted by Gasteiger charge is -2.33. The zero-order chi connectivity index (χ0) is 25.4. The van der Waals surface area contributed by atoms with Gasteiger partial charge in [0.1, 0.15) is 11.8 Å². The Morgan fingerprint density at radius 2 is 1.74 bits per heavy atom. The maximum atomic E-state index is 13.5. The van der Waals surface area contributed by atoms with Crippen molar-refractivity contribution in [1.29, 1.82) is 0 Å². The molecule has 8 nitrogen and oxygen atoms in total. The Morgan fingerprint density at radius 1 is 1.06 bits per heavy atom. The summed E-state index contributed by atoms with van der Waals surface area (Å²) in [7, 11) is -3.98. The average Bonchev–Trinajstić information content (AvgIpc) is 2.85. The van der Waals surface area contributed by atoms with Gasteiger partial charge < -0.3 is 14.4 Å². The van der Waals surface area contributed by atoms with E-state index in [4.69, 9.17) is 9.47 Å². The fraction of sp³-hybridized carbons (Fsp3) is 0.462. The van der Waals surface area contributed by atoms with Gasteiger partial charge in [-0.25, -0.2) is 8.42 Å². The number of amides is 1. The van der Waals surface area contributed by atoms with Crippen molar-refractivity contribution in [3.8, 4) is 5.75 Å². The van der Waals surface area contributed by atoms with Crippen LogP contribution in [0.15, 0.2) is 53.4 Å². The van der Waals surface area contributed by atoms with Gasteiger partial charge in [-0.1, -0.05) is 30.3 Å². The molecule has 1 amide bonds. The minimum atomic E-state index is -3.98. The average molecular weight is 503 g/mol. The largest absolute Gasteiger partial charge is 0.494 e. The third-order valence-corrected chi connectivity index (χ3v) is 7.53. The Balaban J connectivity index is 1.79. The van der Waals surface area contributed by atoms with E-state index in [-0.39, 0.29) is 29.1 Å². The third-order valence-electron chi connectivity index (χ3n) is 6.06. The first-order chi connectivity index (χ1) is 16.7. The van der Waals surface area contributed by atoms with Gasteiger partial charge in [0, 0.05) is 13.1 Å². The number of ether oxygens (including phenoxy) is 2. The van der Waals surface area contributed by atoms with Crippen LogP contribution in [-0.4, -0.2) is 57.5 Å². The molecule has 9 heteroatoms. The Bertz CT molecular complexity index is 1110. The molecule has 0 saturated carbocycles. The van der Waals surface area contributed by atoms with Crippen LogP contribution in [0.25, 0.3) is 0 Å². The number of nitrogens with one attached hydrogen (secondary N) is 1. The summed E-state index contributed by atoms with van der Waals surface area (Å²) in [5.41, 5.74) is 1.54. The highest BCUT2D eigenvalue weighted by molar-refractivity contribution is 7.89. The Kier molecular flexibility index (Phi) is 9.28. The topological polar surface area (TPSA) is 102 Å². The first-order valence-electron chi connectivity index (χ1n) is 12.0. The molecule has 0 aromatic heterocycles. The molecule has 1 aliphatic rings. The number of benzene rings is 2. The number of carbonyl (C=O) groups is 2. The number of esters is 1. The second kappa shape index (κ2) is 12.2.